The maximum absolute atomic E-state index is 12.7. The van der Waals surface area contributed by atoms with E-state index in [-0.39, 0.29) is 23.1 Å². The number of amides is 2. The number of rotatable bonds is 5. The van der Waals surface area contributed by atoms with E-state index in [1.807, 2.05) is 37.8 Å². The summed E-state index contributed by atoms with van der Waals surface area (Å²) in [5.74, 6) is 0.180. The molecule has 1 saturated heterocycles. The Balaban J connectivity index is 1.58. The van der Waals surface area contributed by atoms with Crippen LogP contribution in [0.4, 0.5) is 5.69 Å². The van der Waals surface area contributed by atoms with Gasteiger partial charge in [0.2, 0.25) is 11.8 Å². The van der Waals surface area contributed by atoms with Gasteiger partial charge in [0, 0.05) is 60.3 Å². The number of hydrogen-bond donors (Lipinski definition) is 1. The normalized spacial score (nSPS) is 15.9. The molecule has 1 aliphatic heterocycles. The number of benzene rings is 1. The molecule has 29 heavy (non-hydrogen) atoms. The lowest BCUT2D eigenvalue weighted by Crippen LogP contribution is -2.45. The van der Waals surface area contributed by atoms with Gasteiger partial charge in [-0.05, 0) is 51.2 Å². The van der Waals surface area contributed by atoms with Gasteiger partial charge >= 0.3 is 0 Å². The highest BCUT2D eigenvalue weighted by atomic mass is 16.2. The van der Waals surface area contributed by atoms with Gasteiger partial charge in [-0.3, -0.25) is 9.59 Å². The van der Waals surface area contributed by atoms with Crippen LogP contribution in [0.2, 0.25) is 0 Å². The van der Waals surface area contributed by atoms with E-state index in [0.29, 0.717) is 13.1 Å². The summed E-state index contributed by atoms with van der Waals surface area (Å²) in [7, 11) is 4.14. The number of carbonyl (C=O) groups is 2. The minimum Gasteiger partial charge on any atom is -0.346 e. The predicted molar refractivity (Wildman–Crippen MR) is 118 cm³/mol. The Kier molecular flexibility index (Phi) is 6.32. The van der Waals surface area contributed by atoms with Crippen molar-refractivity contribution >= 4 is 28.4 Å². The predicted octanol–water partition coefficient (Wildman–Crippen LogP) is 3.43. The lowest BCUT2D eigenvalue weighted by atomic mass is 9.90. The van der Waals surface area contributed by atoms with Crippen molar-refractivity contribution in [1.29, 1.82) is 0 Å². The molecule has 3 rings (SSSR count). The van der Waals surface area contributed by atoms with Crippen LogP contribution in [0.1, 0.15) is 33.6 Å². The third-order valence-corrected chi connectivity index (χ3v) is 5.62. The van der Waals surface area contributed by atoms with Crippen molar-refractivity contribution in [3.05, 3.63) is 30.5 Å². The number of carbonyl (C=O) groups excluding carboxylic acids is 2. The minimum absolute atomic E-state index is 0.0422. The molecule has 2 amide bonds. The molecular weight excluding hydrogens is 364 g/mol. The monoisotopic (exact) mass is 398 g/mol. The Labute approximate surface area is 173 Å². The van der Waals surface area contributed by atoms with E-state index < -0.39 is 0 Å². The molecule has 0 saturated carbocycles. The smallest absolute Gasteiger partial charge is 0.227 e. The van der Waals surface area contributed by atoms with Gasteiger partial charge in [-0.2, -0.15) is 0 Å². The van der Waals surface area contributed by atoms with Crippen LogP contribution in [0, 0.1) is 11.3 Å². The Morgan fingerprint density at radius 3 is 2.45 bits per heavy atom. The molecular formula is C23H34N4O2. The van der Waals surface area contributed by atoms with Gasteiger partial charge in [0.25, 0.3) is 0 Å². The average molecular weight is 399 g/mol. The summed E-state index contributed by atoms with van der Waals surface area (Å²) in [5, 5.41) is 4.21. The maximum atomic E-state index is 12.7. The van der Waals surface area contributed by atoms with E-state index in [4.69, 9.17) is 0 Å². The van der Waals surface area contributed by atoms with Gasteiger partial charge in [0.05, 0.1) is 0 Å². The molecule has 6 nitrogen and oxygen atoms in total. The Hall–Kier alpha value is -2.34. The quantitative estimate of drug-likeness (QED) is 0.840. The summed E-state index contributed by atoms with van der Waals surface area (Å²) in [6.45, 7) is 9.06. The Bertz CT molecular complexity index is 871. The van der Waals surface area contributed by atoms with Crippen molar-refractivity contribution in [3.63, 3.8) is 0 Å². The molecule has 1 aliphatic rings. The second-order valence-corrected chi connectivity index (χ2v) is 9.39. The molecule has 6 heteroatoms. The largest absolute Gasteiger partial charge is 0.346 e. The molecule has 1 fully saturated rings. The van der Waals surface area contributed by atoms with Crippen LogP contribution in [0.5, 0.6) is 0 Å². The Morgan fingerprint density at radius 2 is 1.83 bits per heavy atom. The molecule has 0 aliphatic carbocycles. The number of hydrogen-bond acceptors (Lipinski definition) is 3. The molecule has 0 unspecified atom stereocenters. The third kappa shape index (κ3) is 5.18. The van der Waals surface area contributed by atoms with E-state index in [0.717, 1.165) is 37.0 Å². The topological polar surface area (TPSA) is 57.6 Å². The molecule has 2 aromatic rings. The van der Waals surface area contributed by atoms with Gasteiger partial charge in [-0.25, -0.2) is 0 Å². The molecule has 0 radical (unpaired) electrons. The molecule has 158 valence electrons. The van der Waals surface area contributed by atoms with Gasteiger partial charge in [-0.1, -0.05) is 20.8 Å². The molecule has 1 aromatic heterocycles. The van der Waals surface area contributed by atoms with Gasteiger partial charge in [0.15, 0.2) is 0 Å². The number of piperidine rings is 1. The maximum Gasteiger partial charge on any atom is 0.227 e. The number of anilines is 1. The van der Waals surface area contributed by atoms with Crippen LogP contribution < -0.4 is 5.32 Å². The van der Waals surface area contributed by atoms with Crippen LogP contribution in [0.25, 0.3) is 10.9 Å². The zero-order valence-corrected chi connectivity index (χ0v) is 18.4. The summed E-state index contributed by atoms with van der Waals surface area (Å²) in [6.07, 6.45) is 3.54. The second-order valence-electron chi connectivity index (χ2n) is 9.39. The molecule has 0 spiro atoms. The first-order valence-electron chi connectivity index (χ1n) is 10.5. The summed E-state index contributed by atoms with van der Waals surface area (Å²) < 4.78 is 2.24. The van der Waals surface area contributed by atoms with Crippen molar-refractivity contribution in [2.75, 3.05) is 39.0 Å². The van der Waals surface area contributed by atoms with Crippen LogP contribution in [0.3, 0.4) is 0 Å². The summed E-state index contributed by atoms with van der Waals surface area (Å²) in [4.78, 5) is 29.2. The first kappa shape index (κ1) is 21.4. The standard InChI is InChI=1S/C23H34N4O2/c1-23(2,3)22(29)27-12-8-17(9-13-27)21(28)24-19-6-7-20-18(16-19)10-11-26(20)15-14-25(4)5/h6-7,10-11,16-17H,8-9,12-15H2,1-5H3,(H,24,28). The minimum atomic E-state index is -0.368. The van der Waals surface area contributed by atoms with Crippen LogP contribution in [-0.2, 0) is 16.1 Å². The molecule has 2 heterocycles. The molecule has 1 aromatic carbocycles. The number of likely N-dealkylation sites (tertiary alicyclic amines) is 1. The molecule has 0 atom stereocenters. The van der Waals surface area contributed by atoms with E-state index in [1.165, 1.54) is 5.52 Å². The molecule has 0 bridgehead atoms. The van der Waals surface area contributed by atoms with Crippen LogP contribution >= 0.6 is 0 Å². The highest BCUT2D eigenvalue weighted by Gasteiger charge is 2.32. The second kappa shape index (κ2) is 8.57. The molecule has 1 N–H and O–H groups in total. The average Bonchev–Trinajstić information content (AvgIpc) is 3.07. The summed E-state index contributed by atoms with van der Waals surface area (Å²) >= 11 is 0. The van der Waals surface area contributed by atoms with Crippen molar-refractivity contribution in [1.82, 2.24) is 14.4 Å². The van der Waals surface area contributed by atoms with E-state index >= 15 is 0 Å². The van der Waals surface area contributed by atoms with Crippen molar-refractivity contribution in [2.24, 2.45) is 11.3 Å². The fraction of sp³-hybridized carbons (Fsp3) is 0.565. The lowest BCUT2D eigenvalue weighted by molar-refractivity contribution is -0.142. The van der Waals surface area contributed by atoms with Gasteiger partial charge in [0.1, 0.15) is 0 Å². The number of aromatic nitrogens is 1. The van der Waals surface area contributed by atoms with Crippen molar-refractivity contribution < 1.29 is 9.59 Å². The fourth-order valence-corrected chi connectivity index (χ4v) is 3.84. The Morgan fingerprint density at radius 1 is 1.14 bits per heavy atom. The zero-order valence-electron chi connectivity index (χ0n) is 18.4. The SMILES string of the molecule is CN(C)CCn1ccc2cc(NC(=O)C3CCN(C(=O)C(C)(C)C)CC3)ccc21. The fourth-order valence-electron chi connectivity index (χ4n) is 3.84. The van der Waals surface area contributed by atoms with E-state index in [1.54, 1.807) is 0 Å². The first-order chi connectivity index (χ1) is 13.6. The summed E-state index contributed by atoms with van der Waals surface area (Å²) in [5.41, 5.74) is 1.65. The number of likely N-dealkylation sites (N-methyl/N-ethyl adjacent to an activating group) is 1. The number of nitrogens with one attached hydrogen (secondary N) is 1. The van der Waals surface area contributed by atoms with E-state index in [2.05, 4.69) is 47.2 Å². The lowest BCUT2D eigenvalue weighted by Gasteiger charge is -2.35. The van der Waals surface area contributed by atoms with Crippen LogP contribution in [0.15, 0.2) is 30.5 Å². The first-order valence-corrected chi connectivity index (χ1v) is 10.5. The number of nitrogens with zero attached hydrogens (tertiary/aromatic N) is 3. The highest BCUT2D eigenvalue weighted by Crippen LogP contribution is 2.26. The van der Waals surface area contributed by atoms with Gasteiger partial charge < -0.3 is 19.7 Å². The highest BCUT2D eigenvalue weighted by molar-refractivity contribution is 5.95. The summed E-state index contributed by atoms with van der Waals surface area (Å²) in [6, 6.07) is 8.19. The third-order valence-electron chi connectivity index (χ3n) is 5.62. The van der Waals surface area contributed by atoms with E-state index in [9.17, 15) is 9.59 Å². The van der Waals surface area contributed by atoms with Gasteiger partial charge in [-0.15, -0.1) is 0 Å². The van der Waals surface area contributed by atoms with Crippen molar-refractivity contribution in [2.45, 2.75) is 40.2 Å². The zero-order chi connectivity index (χ0) is 21.2. The van der Waals surface area contributed by atoms with Crippen molar-refractivity contribution in [3.8, 4) is 0 Å². The van der Waals surface area contributed by atoms with Crippen LogP contribution in [-0.4, -0.2) is 59.9 Å². The number of fused-ring (bicyclic) bond motifs is 1.